The number of hydrogen-bond acceptors (Lipinski definition) is 2. The van der Waals surface area contributed by atoms with Gasteiger partial charge in [-0.15, -0.1) is 0 Å². The van der Waals surface area contributed by atoms with E-state index in [2.05, 4.69) is 31.4 Å². The van der Waals surface area contributed by atoms with Crippen LogP contribution in [0.5, 0.6) is 0 Å². The molecule has 142 valence electrons. The molecule has 2 aromatic carbocycles. The van der Waals surface area contributed by atoms with E-state index in [0.717, 1.165) is 11.3 Å². The van der Waals surface area contributed by atoms with Gasteiger partial charge in [-0.25, -0.2) is 4.79 Å². The first-order valence-electron chi connectivity index (χ1n) is 9.31. The van der Waals surface area contributed by atoms with Gasteiger partial charge in [0.25, 0.3) is 0 Å². The van der Waals surface area contributed by atoms with E-state index in [-0.39, 0.29) is 23.4 Å². The first kappa shape index (κ1) is 19.0. The number of benzene rings is 2. The predicted molar refractivity (Wildman–Crippen MR) is 108 cm³/mol. The number of urea groups is 1. The molecule has 3 rings (SSSR count). The van der Waals surface area contributed by atoms with Crippen LogP contribution in [0.1, 0.15) is 38.3 Å². The highest BCUT2D eigenvalue weighted by Crippen LogP contribution is 2.23. The van der Waals surface area contributed by atoms with Crippen LogP contribution in [0.15, 0.2) is 54.6 Å². The summed E-state index contributed by atoms with van der Waals surface area (Å²) >= 11 is 0. The number of rotatable bonds is 4. The van der Waals surface area contributed by atoms with Gasteiger partial charge < -0.3 is 15.5 Å². The van der Waals surface area contributed by atoms with Crippen molar-refractivity contribution < 1.29 is 9.59 Å². The van der Waals surface area contributed by atoms with Gasteiger partial charge in [-0.1, -0.05) is 63.2 Å². The van der Waals surface area contributed by atoms with E-state index in [1.54, 1.807) is 4.90 Å². The zero-order valence-electron chi connectivity index (χ0n) is 16.2. The quantitative estimate of drug-likeness (QED) is 0.863. The SMILES string of the molecule is CC(C)(C)c1ccc(NC(=O)NC2CC(=O)N(Cc3ccccc3)C2)cc1. The fourth-order valence-corrected chi connectivity index (χ4v) is 3.23. The molecule has 1 aliphatic heterocycles. The Morgan fingerprint density at radius 2 is 1.74 bits per heavy atom. The maximum absolute atomic E-state index is 12.3. The summed E-state index contributed by atoms with van der Waals surface area (Å²) in [5.41, 5.74) is 3.12. The molecule has 0 radical (unpaired) electrons. The van der Waals surface area contributed by atoms with Crippen molar-refractivity contribution in [2.45, 2.75) is 45.2 Å². The minimum Gasteiger partial charge on any atom is -0.336 e. The van der Waals surface area contributed by atoms with Gasteiger partial charge in [0.2, 0.25) is 5.91 Å². The molecule has 2 N–H and O–H groups in total. The third-order valence-electron chi connectivity index (χ3n) is 4.77. The van der Waals surface area contributed by atoms with E-state index in [9.17, 15) is 9.59 Å². The van der Waals surface area contributed by atoms with Gasteiger partial charge in [0.1, 0.15) is 0 Å². The van der Waals surface area contributed by atoms with Gasteiger partial charge in [-0.2, -0.15) is 0 Å². The van der Waals surface area contributed by atoms with Crippen molar-refractivity contribution in [3.05, 3.63) is 65.7 Å². The standard InChI is InChI=1S/C22H27N3O2/c1-22(2,3)17-9-11-18(12-10-17)23-21(27)24-19-13-20(26)25(15-19)14-16-7-5-4-6-8-16/h4-12,19H,13-15H2,1-3H3,(H2,23,24,27). The molecular weight excluding hydrogens is 338 g/mol. The highest BCUT2D eigenvalue weighted by Gasteiger charge is 2.30. The molecular formula is C22H27N3O2. The lowest BCUT2D eigenvalue weighted by atomic mass is 9.87. The van der Waals surface area contributed by atoms with Crippen LogP contribution in [0.25, 0.3) is 0 Å². The van der Waals surface area contributed by atoms with E-state index in [1.807, 2.05) is 54.6 Å². The van der Waals surface area contributed by atoms with Crippen molar-refractivity contribution in [2.75, 3.05) is 11.9 Å². The van der Waals surface area contributed by atoms with E-state index in [4.69, 9.17) is 0 Å². The molecule has 1 fully saturated rings. The third kappa shape index (κ3) is 5.09. The first-order chi connectivity index (χ1) is 12.8. The molecule has 0 aliphatic carbocycles. The summed E-state index contributed by atoms with van der Waals surface area (Å²) in [5, 5.41) is 5.75. The number of carbonyl (C=O) groups is 2. The van der Waals surface area contributed by atoms with Crippen LogP contribution in [-0.4, -0.2) is 29.4 Å². The summed E-state index contributed by atoms with van der Waals surface area (Å²) in [6, 6.07) is 17.3. The van der Waals surface area contributed by atoms with Crippen LogP contribution in [-0.2, 0) is 16.8 Å². The van der Waals surface area contributed by atoms with Crippen LogP contribution < -0.4 is 10.6 Å². The summed E-state index contributed by atoms with van der Waals surface area (Å²) in [4.78, 5) is 26.3. The van der Waals surface area contributed by atoms with Crippen LogP contribution in [0, 0.1) is 0 Å². The Hall–Kier alpha value is -2.82. The van der Waals surface area contributed by atoms with E-state index in [0.29, 0.717) is 19.5 Å². The van der Waals surface area contributed by atoms with Gasteiger partial charge in [0.05, 0.1) is 6.04 Å². The Bertz CT molecular complexity index is 795. The fraction of sp³-hybridized carbons (Fsp3) is 0.364. The molecule has 1 unspecified atom stereocenters. The summed E-state index contributed by atoms with van der Waals surface area (Å²) in [7, 11) is 0. The zero-order valence-corrected chi connectivity index (χ0v) is 16.2. The number of likely N-dealkylation sites (tertiary alicyclic amines) is 1. The largest absolute Gasteiger partial charge is 0.336 e. The highest BCUT2D eigenvalue weighted by molar-refractivity contribution is 5.90. The summed E-state index contributed by atoms with van der Waals surface area (Å²) in [6.45, 7) is 7.57. The highest BCUT2D eigenvalue weighted by atomic mass is 16.2. The second-order valence-electron chi connectivity index (χ2n) is 8.09. The molecule has 0 bridgehead atoms. The molecule has 5 heteroatoms. The summed E-state index contributed by atoms with van der Waals surface area (Å²) < 4.78 is 0. The number of nitrogens with one attached hydrogen (secondary N) is 2. The topological polar surface area (TPSA) is 61.4 Å². The Labute approximate surface area is 160 Å². The maximum Gasteiger partial charge on any atom is 0.319 e. The van der Waals surface area contributed by atoms with Gasteiger partial charge >= 0.3 is 6.03 Å². The molecule has 1 atom stereocenters. The van der Waals surface area contributed by atoms with E-state index in [1.165, 1.54) is 5.56 Å². The number of nitrogens with zero attached hydrogens (tertiary/aromatic N) is 1. The van der Waals surface area contributed by atoms with Gasteiger partial charge in [0, 0.05) is 25.2 Å². The second kappa shape index (κ2) is 7.82. The molecule has 27 heavy (non-hydrogen) atoms. The molecule has 0 aromatic heterocycles. The fourth-order valence-electron chi connectivity index (χ4n) is 3.23. The minimum atomic E-state index is -0.280. The average Bonchev–Trinajstić information content (AvgIpc) is 2.94. The lowest BCUT2D eigenvalue weighted by molar-refractivity contribution is -0.128. The number of anilines is 1. The Morgan fingerprint density at radius 1 is 1.07 bits per heavy atom. The molecule has 5 nitrogen and oxygen atoms in total. The number of amides is 3. The molecule has 0 spiro atoms. The van der Waals surface area contributed by atoms with Crippen LogP contribution in [0.4, 0.5) is 10.5 Å². The Balaban J connectivity index is 1.52. The maximum atomic E-state index is 12.3. The van der Waals surface area contributed by atoms with Gasteiger partial charge in [0.15, 0.2) is 0 Å². The zero-order chi connectivity index (χ0) is 19.4. The first-order valence-corrected chi connectivity index (χ1v) is 9.31. The lowest BCUT2D eigenvalue weighted by Crippen LogP contribution is -2.39. The van der Waals surface area contributed by atoms with Crippen molar-refractivity contribution in [1.29, 1.82) is 0 Å². The molecule has 0 saturated carbocycles. The van der Waals surface area contributed by atoms with E-state index < -0.39 is 0 Å². The summed E-state index contributed by atoms with van der Waals surface area (Å²) in [6.07, 6.45) is 0.337. The molecule has 1 heterocycles. The predicted octanol–water partition coefficient (Wildman–Crippen LogP) is 3.91. The van der Waals surface area contributed by atoms with Crippen molar-refractivity contribution >= 4 is 17.6 Å². The summed E-state index contributed by atoms with van der Waals surface area (Å²) in [5.74, 6) is 0.0682. The Morgan fingerprint density at radius 3 is 2.37 bits per heavy atom. The minimum absolute atomic E-state index is 0.0682. The van der Waals surface area contributed by atoms with Gasteiger partial charge in [-0.3, -0.25) is 4.79 Å². The molecule has 2 aromatic rings. The number of carbonyl (C=O) groups excluding carboxylic acids is 2. The molecule has 1 aliphatic rings. The number of hydrogen-bond donors (Lipinski definition) is 2. The molecule has 3 amide bonds. The Kier molecular flexibility index (Phi) is 5.49. The second-order valence-corrected chi connectivity index (χ2v) is 8.09. The smallest absolute Gasteiger partial charge is 0.319 e. The third-order valence-corrected chi connectivity index (χ3v) is 4.77. The normalized spacial score (nSPS) is 17.1. The van der Waals surface area contributed by atoms with Crippen molar-refractivity contribution in [1.82, 2.24) is 10.2 Å². The van der Waals surface area contributed by atoms with Crippen molar-refractivity contribution in [3.8, 4) is 0 Å². The van der Waals surface area contributed by atoms with E-state index >= 15 is 0 Å². The lowest BCUT2D eigenvalue weighted by Gasteiger charge is -2.19. The van der Waals surface area contributed by atoms with Crippen LogP contribution >= 0.6 is 0 Å². The molecule has 1 saturated heterocycles. The monoisotopic (exact) mass is 365 g/mol. The van der Waals surface area contributed by atoms with Crippen LogP contribution in [0.3, 0.4) is 0 Å². The van der Waals surface area contributed by atoms with Crippen LogP contribution in [0.2, 0.25) is 0 Å². The van der Waals surface area contributed by atoms with Crippen molar-refractivity contribution in [2.24, 2.45) is 0 Å². The average molecular weight is 365 g/mol. The van der Waals surface area contributed by atoms with Gasteiger partial charge in [-0.05, 0) is 28.7 Å². The van der Waals surface area contributed by atoms with Crippen molar-refractivity contribution in [3.63, 3.8) is 0 Å².